The molecular weight excluding hydrogens is 354 g/mol. The van der Waals surface area contributed by atoms with Crippen LogP contribution in [0.3, 0.4) is 0 Å². The summed E-state index contributed by atoms with van der Waals surface area (Å²) in [5.41, 5.74) is 2.17. The van der Waals surface area contributed by atoms with E-state index in [0.29, 0.717) is 22.8 Å². The van der Waals surface area contributed by atoms with Crippen molar-refractivity contribution in [3.63, 3.8) is 0 Å². The molecule has 2 aliphatic rings. The Balaban J connectivity index is 1.61. The lowest BCUT2D eigenvalue weighted by Crippen LogP contribution is -2.33. The molecule has 3 heterocycles. The van der Waals surface area contributed by atoms with E-state index in [1.54, 1.807) is 17.5 Å². The fraction of sp³-hybridized carbons (Fsp3) is 0.381. The van der Waals surface area contributed by atoms with Gasteiger partial charge in [0.25, 0.3) is 0 Å². The maximum Gasteiger partial charge on any atom is 0.185 e. The first-order chi connectivity index (χ1) is 13.6. The van der Waals surface area contributed by atoms with Gasteiger partial charge in [-0.2, -0.15) is 0 Å². The summed E-state index contributed by atoms with van der Waals surface area (Å²) < 4.78 is 1.77. The molecule has 0 aromatic carbocycles. The molecule has 7 heteroatoms. The van der Waals surface area contributed by atoms with Gasteiger partial charge in [0.15, 0.2) is 11.6 Å². The number of fused-ring (bicyclic) bond motifs is 1. The lowest BCUT2D eigenvalue weighted by Gasteiger charge is -2.26. The smallest absolute Gasteiger partial charge is 0.185 e. The van der Waals surface area contributed by atoms with Crippen molar-refractivity contribution in [3.8, 4) is 0 Å². The Hall–Kier alpha value is -2.93. The molecule has 0 radical (unpaired) electrons. The van der Waals surface area contributed by atoms with Gasteiger partial charge in [-0.25, -0.2) is 9.51 Å². The molecule has 0 saturated carbocycles. The van der Waals surface area contributed by atoms with Crippen molar-refractivity contribution in [3.05, 3.63) is 47.9 Å². The number of ketones is 1. The molecule has 0 unspecified atom stereocenters. The number of piperidine rings is 1. The Bertz CT molecular complexity index is 980. The average Bonchev–Trinajstić information content (AvgIpc) is 3.06. The summed E-state index contributed by atoms with van der Waals surface area (Å²) in [5.74, 6) is 0.393. The third-order valence-electron chi connectivity index (χ3n) is 5.28. The SMILES string of the molecule is CC1=C(O)C(=Nc2c(NCCN3CCCCC3)nn3ccccc23)C=CC1=O. The summed E-state index contributed by atoms with van der Waals surface area (Å²) in [6, 6.07) is 5.78. The molecule has 2 N–H and O–H groups in total. The van der Waals surface area contributed by atoms with E-state index < -0.39 is 0 Å². The van der Waals surface area contributed by atoms with E-state index in [0.717, 1.165) is 31.7 Å². The molecule has 1 fully saturated rings. The standard InChI is InChI=1S/C21H25N5O2/c1-15-18(27)9-8-16(20(15)28)23-19-17-7-3-6-13-26(17)24-21(19)22-10-14-25-11-4-2-5-12-25/h3,6-9,13,28H,2,4-5,10-12,14H2,1H3,(H,22,24). The van der Waals surface area contributed by atoms with Crippen LogP contribution in [0.5, 0.6) is 0 Å². The van der Waals surface area contributed by atoms with E-state index in [4.69, 9.17) is 0 Å². The average molecular weight is 379 g/mol. The van der Waals surface area contributed by atoms with Gasteiger partial charge in [0.2, 0.25) is 0 Å². The molecule has 0 amide bonds. The maximum absolute atomic E-state index is 11.7. The van der Waals surface area contributed by atoms with Gasteiger partial charge in [-0.05, 0) is 57.1 Å². The summed E-state index contributed by atoms with van der Waals surface area (Å²) in [6.07, 6.45) is 8.71. The summed E-state index contributed by atoms with van der Waals surface area (Å²) in [6.45, 7) is 5.64. The van der Waals surface area contributed by atoms with Crippen molar-refractivity contribution in [2.45, 2.75) is 26.2 Å². The molecule has 4 rings (SSSR count). The zero-order chi connectivity index (χ0) is 19.5. The van der Waals surface area contributed by atoms with Gasteiger partial charge in [-0.15, -0.1) is 5.10 Å². The van der Waals surface area contributed by atoms with Gasteiger partial charge in [0.05, 0.1) is 5.52 Å². The number of nitrogens with one attached hydrogen (secondary N) is 1. The fourth-order valence-electron chi connectivity index (χ4n) is 3.61. The number of likely N-dealkylation sites (tertiary alicyclic amines) is 1. The molecule has 146 valence electrons. The number of aromatic nitrogens is 2. The zero-order valence-electron chi connectivity index (χ0n) is 16.1. The molecule has 28 heavy (non-hydrogen) atoms. The number of hydrogen-bond donors (Lipinski definition) is 2. The number of hydrogen-bond acceptors (Lipinski definition) is 6. The lowest BCUT2D eigenvalue weighted by molar-refractivity contribution is -0.111. The fourth-order valence-corrected chi connectivity index (χ4v) is 3.61. The minimum atomic E-state index is -0.198. The highest BCUT2D eigenvalue weighted by atomic mass is 16.3. The number of allylic oxidation sites excluding steroid dienone is 3. The van der Waals surface area contributed by atoms with Crippen LogP contribution in [-0.2, 0) is 4.79 Å². The summed E-state index contributed by atoms with van der Waals surface area (Å²) in [4.78, 5) is 18.8. The van der Waals surface area contributed by atoms with Gasteiger partial charge in [0, 0.05) is 24.9 Å². The van der Waals surface area contributed by atoms with Crippen molar-refractivity contribution in [2.75, 3.05) is 31.5 Å². The van der Waals surface area contributed by atoms with E-state index >= 15 is 0 Å². The molecule has 2 aromatic rings. The first-order valence-corrected chi connectivity index (χ1v) is 9.78. The highest BCUT2D eigenvalue weighted by molar-refractivity contribution is 6.21. The van der Waals surface area contributed by atoms with Crippen LogP contribution in [0.1, 0.15) is 26.2 Å². The molecule has 0 bridgehead atoms. The molecule has 1 aliphatic heterocycles. The number of carbonyl (C=O) groups excluding carboxylic acids is 1. The van der Waals surface area contributed by atoms with Gasteiger partial charge in [-0.3, -0.25) is 4.79 Å². The number of pyridine rings is 1. The monoisotopic (exact) mass is 379 g/mol. The van der Waals surface area contributed by atoms with E-state index in [2.05, 4.69) is 20.3 Å². The minimum Gasteiger partial charge on any atom is -0.505 e. The summed E-state index contributed by atoms with van der Waals surface area (Å²) in [5, 5.41) is 18.4. The van der Waals surface area contributed by atoms with Crippen LogP contribution in [-0.4, -0.2) is 57.3 Å². The Morgan fingerprint density at radius 1 is 1.21 bits per heavy atom. The van der Waals surface area contributed by atoms with Crippen molar-refractivity contribution < 1.29 is 9.90 Å². The number of nitrogens with zero attached hydrogens (tertiary/aromatic N) is 4. The number of aliphatic hydroxyl groups is 1. The normalized spacial score (nSPS) is 19.8. The van der Waals surface area contributed by atoms with Crippen LogP contribution in [0.2, 0.25) is 0 Å². The maximum atomic E-state index is 11.7. The van der Waals surface area contributed by atoms with E-state index in [1.807, 2.05) is 24.4 Å². The second-order valence-corrected chi connectivity index (χ2v) is 7.22. The number of aliphatic hydroxyl groups excluding tert-OH is 1. The van der Waals surface area contributed by atoms with E-state index in [-0.39, 0.29) is 11.5 Å². The zero-order valence-corrected chi connectivity index (χ0v) is 16.1. The molecule has 1 saturated heterocycles. The molecule has 0 spiro atoms. The Labute approximate surface area is 164 Å². The Morgan fingerprint density at radius 2 is 2.04 bits per heavy atom. The third kappa shape index (κ3) is 3.71. The van der Waals surface area contributed by atoms with Gasteiger partial charge in [0.1, 0.15) is 17.2 Å². The van der Waals surface area contributed by atoms with E-state index in [9.17, 15) is 9.90 Å². The largest absolute Gasteiger partial charge is 0.505 e. The number of aliphatic imine (C=N–C) groups is 1. The van der Waals surface area contributed by atoms with Crippen LogP contribution < -0.4 is 5.32 Å². The second kappa shape index (κ2) is 7.98. The molecule has 2 aromatic heterocycles. The molecule has 0 atom stereocenters. The summed E-state index contributed by atoms with van der Waals surface area (Å²) >= 11 is 0. The highest BCUT2D eigenvalue weighted by Gasteiger charge is 2.19. The van der Waals surface area contributed by atoms with Crippen LogP contribution in [0.25, 0.3) is 5.52 Å². The predicted octanol–water partition coefficient (Wildman–Crippen LogP) is 3.28. The topological polar surface area (TPSA) is 82.2 Å². The number of anilines is 1. The number of rotatable bonds is 5. The van der Waals surface area contributed by atoms with Crippen LogP contribution in [0.15, 0.2) is 52.9 Å². The van der Waals surface area contributed by atoms with Gasteiger partial charge in [-0.1, -0.05) is 12.5 Å². The van der Waals surface area contributed by atoms with Gasteiger partial charge < -0.3 is 15.3 Å². The van der Waals surface area contributed by atoms with Gasteiger partial charge >= 0.3 is 0 Å². The van der Waals surface area contributed by atoms with Crippen LogP contribution in [0.4, 0.5) is 11.5 Å². The predicted molar refractivity (Wildman–Crippen MR) is 111 cm³/mol. The lowest BCUT2D eigenvalue weighted by atomic mass is 10.0. The quantitative estimate of drug-likeness (QED) is 0.779. The first kappa shape index (κ1) is 18.4. The summed E-state index contributed by atoms with van der Waals surface area (Å²) in [7, 11) is 0. The van der Waals surface area contributed by atoms with Crippen molar-refractivity contribution >= 4 is 28.5 Å². The second-order valence-electron chi connectivity index (χ2n) is 7.22. The minimum absolute atomic E-state index is 0.0814. The van der Waals surface area contributed by atoms with Crippen molar-refractivity contribution in [1.82, 2.24) is 14.5 Å². The van der Waals surface area contributed by atoms with Crippen molar-refractivity contribution in [2.24, 2.45) is 4.99 Å². The van der Waals surface area contributed by atoms with Crippen molar-refractivity contribution in [1.29, 1.82) is 0 Å². The Morgan fingerprint density at radius 3 is 2.86 bits per heavy atom. The van der Waals surface area contributed by atoms with Crippen LogP contribution in [0, 0.1) is 0 Å². The number of carbonyl (C=O) groups is 1. The third-order valence-corrected chi connectivity index (χ3v) is 5.28. The highest BCUT2D eigenvalue weighted by Crippen LogP contribution is 2.31. The van der Waals surface area contributed by atoms with E-state index in [1.165, 1.54) is 25.3 Å². The molecule has 1 aliphatic carbocycles. The molecule has 7 nitrogen and oxygen atoms in total. The molecular formula is C21H25N5O2. The first-order valence-electron chi connectivity index (χ1n) is 9.78. The Kier molecular flexibility index (Phi) is 5.25. The van der Waals surface area contributed by atoms with Crippen LogP contribution >= 0.6 is 0 Å².